The number of aliphatic hydroxyl groups is 1. The van der Waals surface area contributed by atoms with Crippen LogP contribution in [-0.4, -0.2) is 23.1 Å². The molecule has 11 heavy (non-hydrogen) atoms. The SMILES string of the molecule is CC(=O)C(=O)OC(O)C(C)C. The largest absolute Gasteiger partial charge is 0.430 e. The Kier molecular flexibility index (Phi) is 3.74. The first-order valence-corrected chi connectivity index (χ1v) is 3.34. The van der Waals surface area contributed by atoms with E-state index in [1.165, 1.54) is 0 Å². The Bertz CT molecular complexity index is 162. The molecule has 0 fully saturated rings. The van der Waals surface area contributed by atoms with Gasteiger partial charge >= 0.3 is 5.97 Å². The Morgan fingerprint density at radius 3 is 2.09 bits per heavy atom. The normalized spacial score (nSPS) is 12.8. The molecule has 0 saturated carbocycles. The predicted octanol–water partition coefficient (Wildman–Crippen LogP) is 0.0930. The molecule has 1 unspecified atom stereocenters. The number of hydrogen-bond donors (Lipinski definition) is 1. The van der Waals surface area contributed by atoms with E-state index >= 15 is 0 Å². The number of Topliss-reactive ketones (excluding diaryl/α,β-unsaturated/α-hetero) is 1. The van der Waals surface area contributed by atoms with Gasteiger partial charge in [0.2, 0.25) is 12.1 Å². The lowest BCUT2D eigenvalue weighted by molar-refractivity contribution is -0.177. The Labute approximate surface area is 65.2 Å². The van der Waals surface area contributed by atoms with E-state index in [0.717, 1.165) is 6.92 Å². The van der Waals surface area contributed by atoms with E-state index in [2.05, 4.69) is 4.74 Å². The van der Waals surface area contributed by atoms with Gasteiger partial charge in [0.25, 0.3) is 0 Å². The van der Waals surface area contributed by atoms with Gasteiger partial charge in [-0.3, -0.25) is 4.79 Å². The molecule has 0 spiro atoms. The lowest BCUT2D eigenvalue weighted by Gasteiger charge is -2.13. The van der Waals surface area contributed by atoms with Crippen molar-refractivity contribution in [2.45, 2.75) is 27.1 Å². The van der Waals surface area contributed by atoms with Crippen LogP contribution >= 0.6 is 0 Å². The summed E-state index contributed by atoms with van der Waals surface area (Å²) in [6.45, 7) is 4.45. The van der Waals surface area contributed by atoms with Crippen molar-refractivity contribution in [3.05, 3.63) is 0 Å². The number of rotatable bonds is 3. The maximum absolute atomic E-state index is 10.5. The highest BCUT2D eigenvalue weighted by atomic mass is 16.6. The molecular weight excluding hydrogens is 148 g/mol. The van der Waals surface area contributed by atoms with Crippen molar-refractivity contribution in [1.82, 2.24) is 0 Å². The van der Waals surface area contributed by atoms with Crippen LogP contribution in [0.4, 0.5) is 0 Å². The number of ketones is 1. The van der Waals surface area contributed by atoms with E-state index < -0.39 is 18.0 Å². The minimum atomic E-state index is -1.19. The molecule has 64 valence electrons. The monoisotopic (exact) mass is 160 g/mol. The molecule has 0 aliphatic rings. The van der Waals surface area contributed by atoms with Crippen molar-refractivity contribution in [2.24, 2.45) is 5.92 Å². The Morgan fingerprint density at radius 2 is 1.82 bits per heavy atom. The van der Waals surface area contributed by atoms with E-state index in [1.807, 2.05) is 0 Å². The van der Waals surface area contributed by atoms with E-state index in [0.29, 0.717) is 0 Å². The van der Waals surface area contributed by atoms with Crippen LogP contribution in [0.5, 0.6) is 0 Å². The second kappa shape index (κ2) is 4.08. The maximum Gasteiger partial charge on any atom is 0.376 e. The van der Waals surface area contributed by atoms with Gasteiger partial charge in [-0.25, -0.2) is 4.79 Å². The molecule has 0 aliphatic heterocycles. The number of carbonyl (C=O) groups excluding carboxylic acids is 2. The third-order valence-corrected chi connectivity index (χ3v) is 1.09. The van der Waals surface area contributed by atoms with Gasteiger partial charge < -0.3 is 9.84 Å². The summed E-state index contributed by atoms with van der Waals surface area (Å²) in [5, 5.41) is 8.95. The van der Waals surface area contributed by atoms with Crippen LogP contribution in [0, 0.1) is 5.92 Å². The van der Waals surface area contributed by atoms with Crippen molar-refractivity contribution < 1.29 is 19.4 Å². The smallest absolute Gasteiger partial charge is 0.376 e. The van der Waals surface area contributed by atoms with Crippen LogP contribution in [0.15, 0.2) is 0 Å². The average molecular weight is 160 g/mol. The lowest BCUT2D eigenvalue weighted by atomic mass is 10.2. The fourth-order valence-electron chi connectivity index (χ4n) is 0.329. The van der Waals surface area contributed by atoms with Crippen LogP contribution < -0.4 is 0 Å². The zero-order valence-electron chi connectivity index (χ0n) is 6.83. The third kappa shape index (κ3) is 3.72. The molecule has 0 aromatic carbocycles. The molecule has 1 N–H and O–H groups in total. The van der Waals surface area contributed by atoms with Gasteiger partial charge in [-0.2, -0.15) is 0 Å². The number of carbonyl (C=O) groups is 2. The van der Waals surface area contributed by atoms with Crippen molar-refractivity contribution in [2.75, 3.05) is 0 Å². The van der Waals surface area contributed by atoms with Crippen LogP contribution in [-0.2, 0) is 14.3 Å². The first-order valence-electron chi connectivity index (χ1n) is 3.34. The van der Waals surface area contributed by atoms with E-state index in [1.54, 1.807) is 13.8 Å². The second-order valence-corrected chi connectivity index (χ2v) is 2.60. The molecule has 4 heteroatoms. The summed E-state index contributed by atoms with van der Waals surface area (Å²) in [4.78, 5) is 20.8. The molecule has 4 nitrogen and oxygen atoms in total. The quantitative estimate of drug-likeness (QED) is 0.361. The standard InChI is InChI=1S/C7H12O4/c1-4(2)6(9)11-7(10)5(3)8/h4,6,9H,1-3H3. The minimum Gasteiger partial charge on any atom is -0.430 e. The molecular formula is C7H12O4. The van der Waals surface area contributed by atoms with Gasteiger partial charge in [-0.05, 0) is 0 Å². The van der Waals surface area contributed by atoms with Crippen molar-refractivity contribution in [3.8, 4) is 0 Å². The summed E-state index contributed by atoms with van der Waals surface area (Å²) in [5.74, 6) is -1.89. The number of hydrogen-bond acceptors (Lipinski definition) is 4. The zero-order chi connectivity index (χ0) is 9.02. The Balaban J connectivity index is 3.85. The highest BCUT2D eigenvalue weighted by Crippen LogP contribution is 2.02. The van der Waals surface area contributed by atoms with Gasteiger partial charge in [0.1, 0.15) is 0 Å². The molecule has 0 radical (unpaired) electrons. The molecule has 0 aromatic rings. The molecule has 0 saturated heterocycles. The van der Waals surface area contributed by atoms with Crippen LogP contribution in [0.2, 0.25) is 0 Å². The fraction of sp³-hybridized carbons (Fsp3) is 0.714. The molecule has 0 bridgehead atoms. The van der Waals surface area contributed by atoms with Gasteiger partial charge in [0.05, 0.1) is 0 Å². The molecule has 1 atom stereocenters. The molecule has 0 aliphatic carbocycles. The number of esters is 1. The highest BCUT2D eigenvalue weighted by molar-refractivity contribution is 6.32. The molecule has 0 heterocycles. The highest BCUT2D eigenvalue weighted by Gasteiger charge is 2.17. The fourth-order valence-corrected chi connectivity index (χ4v) is 0.329. The van der Waals surface area contributed by atoms with Gasteiger partial charge in [-0.1, -0.05) is 13.8 Å². The molecule has 0 aromatic heterocycles. The van der Waals surface area contributed by atoms with E-state index in [4.69, 9.17) is 5.11 Å². The summed E-state index contributed by atoms with van der Waals surface area (Å²) in [6.07, 6.45) is -1.19. The van der Waals surface area contributed by atoms with Crippen molar-refractivity contribution >= 4 is 11.8 Å². The molecule has 0 amide bonds. The molecule has 0 rings (SSSR count). The van der Waals surface area contributed by atoms with E-state index in [-0.39, 0.29) is 5.92 Å². The van der Waals surface area contributed by atoms with Crippen molar-refractivity contribution in [1.29, 1.82) is 0 Å². The summed E-state index contributed by atoms with van der Waals surface area (Å²) >= 11 is 0. The van der Waals surface area contributed by atoms with Crippen LogP contribution in [0.3, 0.4) is 0 Å². The van der Waals surface area contributed by atoms with Crippen LogP contribution in [0.1, 0.15) is 20.8 Å². The van der Waals surface area contributed by atoms with E-state index in [9.17, 15) is 9.59 Å². The zero-order valence-corrected chi connectivity index (χ0v) is 6.83. The van der Waals surface area contributed by atoms with Gasteiger partial charge in [-0.15, -0.1) is 0 Å². The summed E-state index contributed by atoms with van der Waals surface area (Å²) in [6, 6.07) is 0. The minimum absolute atomic E-state index is 0.196. The summed E-state index contributed by atoms with van der Waals surface area (Å²) < 4.78 is 4.34. The predicted molar refractivity (Wildman–Crippen MR) is 37.6 cm³/mol. The van der Waals surface area contributed by atoms with Gasteiger partial charge in [0.15, 0.2) is 0 Å². The first kappa shape index (κ1) is 10.1. The second-order valence-electron chi connectivity index (χ2n) is 2.60. The topological polar surface area (TPSA) is 63.6 Å². The van der Waals surface area contributed by atoms with Crippen molar-refractivity contribution in [3.63, 3.8) is 0 Å². The number of ether oxygens (including phenoxy) is 1. The third-order valence-electron chi connectivity index (χ3n) is 1.09. The Morgan fingerprint density at radius 1 is 1.36 bits per heavy atom. The maximum atomic E-state index is 10.5. The number of aliphatic hydroxyl groups excluding tert-OH is 1. The van der Waals surface area contributed by atoms with Gasteiger partial charge in [0, 0.05) is 12.8 Å². The first-order chi connectivity index (χ1) is 4.95. The summed E-state index contributed by atoms with van der Waals surface area (Å²) in [7, 11) is 0. The summed E-state index contributed by atoms with van der Waals surface area (Å²) in [5.41, 5.74) is 0. The average Bonchev–Trinajstić information content (AvgIpc) is 1.87. The Hall–Kier alpha value is -0.900. The lowest BCUT2D eigenvalue weighted by Crippen LogP contribution is -2.26. The van der Waals surface area contributed by atoms with Crippen LogP contribution in [0.25, 0.3) is 0 Å².